The van der Waals surface area contributed by atoms with E-state index in [0.717, 1.165) is 29.6 Å². The van der Waals surface area contributed by atoms with Gasteiger partial charge in [-0.1, -0.05) is 25.5 Å². The van der Waals surface area contributed by atoms with E-state index in [4.69, 9.17) is 9.15 Å². The number of carbonyl (C=O) groups is 2. The minimum absolute atomic E-state index is 0.0299. The average Bonchev–Trinajstić information content (AvgIpc) is 3.08. The monoisotopic (exact) mass is 434 g/mol. The van der Waals surface area contributed by atoms with E-state index in [9.17, 15) is 14.4 Å². The highest BCUT2D eigenvalue weighted by Crippen LogP contribution is 2.66. The predicted octanol–water partition coefficient (Wildman–Crippen LogP) is 4.58. The van der Waals surface area contributed by atoms with Crippen LogP contribution in [0.4, 0.5) is 0 Å². The van der Waals surface area contributed by atoms with Gasteiger partial charge in [0.25, 0.3) is 0 Å². The fourth-order valence-electron chi connectivity index (χ4n) is 7.32. The lowest BCUT2D eigenvalue weighted by atomic mass is 9.43. The van der Waals surface area contributed by atoms with Crippen molar-refractivity contribution in [1.82, 2.24) is 0 Å². The summed E-state index contributed by atoms with van der Waals surface area (Å²) in [7, 11) is 0. The van der Waals surface area contributed by atoms with Gasteiger partial charge in [-0.15, -0.1) is 0 Å². The van der Waals surface area contributed by atoms with Crippen molar-refractivity contribution in [3.8, 4) is 5.75 Å². The van der Waals surface area contributed by atoms with E-state index in [-0.39, 0.29) is 29.0 Å². The van der Waals surface area contributed by atoms with Crippen LogP contribution in [-0.4, -0.2) is 17.2 Å². The maximum absolute atomic E-state index is 13.7. The van der Waals surface area contributed by atoms with Crippen LogP contribution >= 0.6 is 0 Å². The van der Waals surface area contributed by atoms with E-state index in [1.54, 1.807) is 25.2 Å². The molecule has 2 heterocycles. The number of allylic oxidation sites excluding steroid dienone is 5. The number of fused-ring (bicyclic) bond motifs is 5. The second-order valence-electron chi connectivity index (χ2n) is 10.6. The third kappa shape index (κ3) is 2.42. The Kier molecular flexibility index (Phi) is 4.25. The molecule has 5 rings (SSSR count). The zero-order valence-electron chi connectivity index (χ0n) is 19.6. The number of hydrogen-bond donors (Lipinski definition) is 0. The molecule has 0 radical (unpaired) electrons. The van der Waals surface area contributed by atoms with Crippen LogP contribution in [0.2, 0.25) is 0 Å². The van der Waals surface area contributed by atoms with Crippen molar-refractivity contribution in [2.45, 2.75) is 66.4 Å². The largest absolute Gasteiger partial charge is 0.481 e. The van der Waals surface area contributed by atoms with Crippen LogP contribution in [0.1, 0.15) is 57.4 Å². The van der Waals surface area contributed by atoms with Gasteiger partial charge in [0, 0.05) is 28.7 Å². The summed E-state index contributed by atoms with van der Waals surface area (Å²) >= 11 is 0. The van der Waals surface area contributed by atoms with E-state index in [1.165, 1.54) is 0 Å². The van der Waals surface area contributed by atoms with Gasteiger partial charge in [-0.25, -0.2) is 4.79 Å². The van der Waals surface area contributed by atoms with Gasteiger partial charge >= 0.3 is 5.63 Å². The van der Waals surface area contributed by atoms with Crippen molar-refractivity contribution in [3.05, 3.63) is 62.8 Å². The van der Waals surface area contributed by atoms with Gasteiger partial charge in [-0.2, -0.15) is 0 Å². The van der Waals surface area contributed by atoms with Crippen LogP contribution in [0.15, 0.2) is 44.7 Å². The Morgan fingerprint density at radius 1 is 1.03 bits per heavy atom. The summed E-state index contributed by atoms with van der Waals surface area (Å²) in [6.07, 6.45) is 9.01. The molecule has 0 amide bonds. The van der Waals surface area contributed by atoms with Crippen molar-refractivity contribution < 1.29 is 18.7 Å². The number of rotatable bonds is 0. The van der Waals surface area contributed by atoms with Crippen LogP contribution in [0.3, 0.4) is 0 Å². The zero-order valence-corrected chi connectivity index (χ0v) is 19.6. The SMILES string of the molecule is CC1=CC(=O)C=CC2(C)C1CCC1(C)C2C(=O)C=C(C)C12Cc1c(c(C)c(C)oc1=O)O2. The third-order valence-electron chi connectivity index (χ3n) is 9.03. The lowest BCUT2D eigenvalue weighted by molar-refractivity contribution is -0.154. The van der Waals surface area contributed by atoms with Crippen LogP contribution < -0.4 is 10.4 Å². The number of aryl methyl sites for hydroxylation is 1. The Labute approximate surface area is 188 Å². The maximum atomic E-state index is 13.7. The molecule has 5 nitrogen and oxygen atoms in total. The van der Waals surface area contributed by atoms with Crippen molar-refractivity contribution in [3.63, 3.8) is 0 Å². The third-order valence-corrected chi connectivity index (χ3v) is 9.03. The molecular weight excluding hydrogens is 404 g/mol. The normalized spacial score (nSPS) is 37.8. The molecule has 3 aliphatic carbocycles. The Balaban J connectivity index is 1.73. The lowest BCUT2D eigenvalue weighted by Crippen LogP contribution is -2.65. The lowest BCUT2D eigenvalue weighted by Gasteiger charge is -2.61. The van der Waals surface area contributed by atoms with E-state index >= 15 is 0 Å². The van der Waals surface area contributed by atoms with E-state index in [2.05, 4.69) is 13.8 Å². The zero-order chi connectivity index (χ0) is 23.2. The van der Waals surface area contributed by atoms with E-state index < -0.39 is 16.4 Å². The number of carbonyl (C=O) groups excluding carboxylic acids is 2. The molecule has 1 saturated carbocycles. The van der Waals surface area contributed by atoms with Gasteiger partial charge < -0.3 is 9.15 Å². The second kappa shape index (κ2) is 6.43. The number of ether oxygens (including phenoxy) is 1. The van der Waals surface area contributed by atoms with Crippen LogP contribution in [0.25, 0.3) is 0 Å². The van der Waals surface area contributed by atoms with Crippen LogP contribution in [0.5, 0.6) is 5.75 Å². The molecule has 32 heavy (non-hydrogen) atoms. The summed E-state index contributed by atoms with van der Waals surface area (Å²) in [6, 6.07) is 0. The van der Waals surface area contributed by atoms with Gasteiger partial charge in [-0.3, -0.25) is 9.59 Å². The Morgan fingerprint density at radius 3 is 2.47 bits per heavy atom. The maximum Gasteiger partial charge on any atom is 0.343 e. The molecule has 5 heteroatoms. The van der Waals surface area contributed by atoms with Crippen molar-refractivity contribution >= 4 is 11.6 Å². The molecule has 5 atom stereocenters. The predicted molar refractivity (Wildman–Crippen MR) is 121 cm³/mol. The molecule has 1 fully saturated rings. The van der Waals surface area contributed by atoms with Crippen LogP contribution in [0, 0.1) is 36.5 Å². The summed E-state index contributed by atoms with van der Waals surface area (Å²) in [5.74, 6) is 0.949. The minimum Gasteiger partial charge on any atom is -0.481 e. The standard InChI is InChI=1S/C27H30O5/c1-14-11-18(28)7-9-25(5)20(14)8-10-26(6)23(25)21(29)12-15(2)27(26)13-19-22(32-27)16(3)17(4)31-24(19)30/h7,9,11-12,20,23H,8,10,13H2,1-6H3. The van der Waals surface area contributed by atoms with Crippen molar-refractivity contribution in [2.24, 2.45) is 22.7 Å². The van der Waals surface area contributed by atoms with Gasteiger partial charge in [0.15, 0.2) is 11.6 Å². The quantitative estimate of drug-likeness (QED) is 0.597. The summed E-state index contributed by atoms with van der Waals surface area (Å²) < 4.78 is 12.3. The first-order valence-corrected chi connectivity index (χ1v) is 11.4. The summed E-state index contributed by atoms with van der Waals surface area (Å²) in [6.45, 7) is 11.9. The molecule has 1 aliphatic heterocycles. The fraction of sp³-hybridized carbons (Fsp3) is 0.519. The smallest absolute Gasteiger partial charge is 0.343 e. The highest BCUT2D eigenvalue weighted by atomic mass is 16.5. The first-order valence-electron chi connectivity index (χ1n) is 11.4. The Hall–Kier alpha value is -2.69. The van der Waals surface area contributed by atoms with Gasteiger partial charge in [-0.05, 0) is 70.3 Å². The molecule has 1 aromatic rings. The molecule has 0 bridgehead atoms. The molecule has 1 aromatic heterocycles. The molecule has 168 valence electrons. The molecule has 0 N–H and O–H groups in total. The van der Waals surface area contributed by atoms with E-state index in [0.29, 0.717) is 23.5 Å². The topological polar surface area (TPSA) is 73.6 Å². The first kappa shape index (κ1) is 21.2. The molecule has 1 spiro atoms. The second-order valence-corrected chi connectivity index (χ2v) is 10.6. The van der Waals surface area contributed by atoms with Crippen molar-refractivity contribution in [2.75, 3.05) is 0 Å². The Morgan fingerprint density at radius 2 is 1.75 bits per heavy atom. The number of ketones is 2. The van der Waals surface area contributed by atoms with Crippen molar-refractivity contribution in [1.29, 1.82) is 0 Å². The fourth-order valence-corrected chi connectivity index (χ4v) is 7.32. The highest BCUT2D eigenvalue weighted by Gasteiger charge is 2.68. The molecular formula is C27H30O5. The number of hydrogen-bond acceptors (Lipinski definition) is 5. The first-order chi connectivity index (χ1) is 14.9. The van der Waals surface area contributed by atoms with Crippen LogP contribution in [-0.2, 0) is 16.0 Å². The summed E-state index contributed by atoms with van der Waals surface area (Å²) in [5.41, 5.74) is 1.06. The van der Waals surface area contributed by atoms with E-state index in [1.807, 2.05) is 26.8 Å². The van der Waals surface area contributed by atoms with Gasteiger partial charge in [0.05, 0.1) is 5.56 Å². The molecule has 0 saturated heterocycles. The minimum atomic E-state index is -0.795. The average molecular weight is 435 g/mol. The Bertz CT molecular complexity index is 1230. The molecule has 5 unspecified atom stereocenters. The summed E-state index contributed by atoms with van der Waals surface area (Å²) in [5, 5.41) is 0. The van der Waals surface area contributed by atoms with Gasteiger partial charge in [0.1, 0.15) is 17.1 Å². The van der Waals surface area contributed by atoms with Gasteiger partial charge in [0.2, 0.25) is 0 Å². The molecule has 4 aliphatic rings. The molecule has 0 aromatic carbocycles. The highest BCUT2D eigenvalue weighted by molar-refractivity contribution is 6.01. The summed E-state index contributed by atoms with van der Waals surface area (Å²) in [4.78, 5) is 38.8.